The van der Waals surface area contributed by atoms with E-state index in [4.69, 9.17) is 4.74 Å². The van der Waals surface area contributed by atoms with Crippen LogP contribution in [0.25, 0.3) is 0 Å². The first-order valence-electron chi connectivity index (χ1n) is 6.88. The summed E-state index contributed by atoms with van der Waals surface area (Å²) in [6, 6.07) is 10.9. The minimum atomic E-state index is -0.287. The molecule has 1 N–H and O–H groups in total. The lowest BCUT2D eigenvalue weighted by Crippen LogP contribution is -2.43. The number of hydrogen-bond acceptors (Lipinski definition) is 4. The van der Waals surface area contributed by atoms with Crippen molar-refractivity contribution < 1.29 is 14.3 Å². The smallest absolute Gasteiger partial charge is 0.266 e. The molecule has 2 aromatic rings. The Balaban J connectivity index is 1.73. The Morgan fingerprint density at radius 2 is 2.09 bits per heavy atom. The number of carbonyl (C=O) groups excluding carboxylic acids is 2. The maximum Gasteiger partial charge on any atom is 0.266 e. The fraction of sp³-hybridized carbons (Fsp3) is 0.188. The number of aryl methyl sites for hydroxylation is 1. The quantitative estimate of drug-likeness (QED) is 0.937. The Kier molecular flexibility index (Phi) is 3.74. The standard InChI is InChI=1S/C16H15N3O3/c1-11-4-6-12(7-5-11)18-14(20)9-19-15(21)10-22-13-3-2-8-17-16(13)19/h2-8H,9-10H2,1H3,(H,18,20). The molecule has 2 heterocycles. The third-order valence-electron chi connectivity index (χ3n) is 3.30. The van der Waals surface area contributed by atoms with Crippen molar-refractivity contribution in [3.05, 3.63) is 48.2 Å². The lowest BCUT2D eigenvalue weighted by molar-refractivity contribution is -0.123. The van der Waals surface area contributed by atoms with E-state index >= 15 is 0 Å². The molecular weight excluding hydrogens is 282 g/mol. The molecule has 22 heavy (non-hydrogen) atoms. The Bertz CT molecular complexity index is 713. The number of anilines is 2. The van der Waals surface area contributed by atoms with Gasteiger partial charge in [0.25, 0.3) is 5.91 Å². The molecule has 3 rings (SSSR count). The average Bonchev–Trinajstić information content (AvgIpc) is 2.52. The summed E-state index contributed by atoms with van der Waals surface area (Å²) in [5.41, 5.74) is 1.80. The number of hydrogen-bond donors (Lipinski definition) is 1. The summed E-state index contributed by atoms with van der Waals surface area (Å²) in [4.78, 5) is 29.6. The van der Waals surface area contributed by atoms with Gasteiger partial charge in [0.05, 0.1) is 0 Å². The van der Waals surface area contributed by atoms with E-state index in [0.717, 1.165) is 5.56 Å². The molecule has 0 saturated carbocycles. The van der Waals surface area contributed by atoms with E-state index < -0.39 is 0 Å². The van der Waals surface area contributed by atoms with Crippen molar-refractivity contribution >= 4 is 23.3 Å². The Morgan fingerprint density at radius 3 is 2.86 bits per heavy atom. The van der Waals surface area contributed by atoms with Crippen LogP contribution in [0.15, 0.2) is 42.6 Å². The molecule has 0 unspecified atom stereocenters. The van der Waals surface area contributed by atoms with Crippen LogP contribution in [0.1, 0.15) is 5.56 Å². The van der Waals surface area contributed by atoms with Gasteiger partial charge in [0.15, 0.2) is 18.2 Å². The highest BCUT2D eigenvalue weighted by molar-refractivity contribution is 6.04. The molecule has 112 valence electrons. The number of ether oxygens (including phenoxy) is 1. The molecule has 0 saturated heterocycles. The highest BCUT2D eigenvalue weighted by Crippen LogP contribution is 2.28. The Morgan fingerprint density at radius 1 is 1.32 bits per heavy atom. The number of fused-ring (bicyclic) bond motifs is 1. The highest BCUT2D eigenvalue weighted by Gasteiger charge is 2.28. The summed E-state index contributed by atoms with van der Waals surface area (Å²) in [6.45, 7) is 1.79. The van der Waals surface area contributed by atoms with E-state index in [1.165, 1.54) is 4.90 Å². The maximum atomic E-state index is 12.1. The van der Waals surface area contributed by atoms with Crippen LogP contribution in [0.4, 0.5) is 11.5 Å². The normalized spacial score (nSPS) is 13.3. The Labute approximate surface area is 127 Å². The summed E-state index contributed by atoms with van der Waals surface area (Å²) in [6.07, 6.45) is 1.56. The SMILES string of the molecule is Cc1ccc(NC(=O)CN2C(=O)COc3cccnc32)cc1. The Hall–Kier alpha value is -2.89. The monoisotopic (exact) mass is 297 g/mol. The second kappa shape index (κ2) is 5.85. The molecular formula is C16H15N3O3. The lowest BCUT2D eigenvalue weighted by Gasteiger charge is -2.27. The number of aromatic nitrogens is 1. The molecule has 1 aromatic carbocycles. The van der Waals surface area contributed by atoms with Gasteiger partial charge in [0, 0.05) is 11.9 Å². The van der Waals surface area contributed by atoms with Crippen molar-refractivity contribution in [1.29, 1.82) is 0 Å². The molecule has 1 aromatic heterocycles. The van der Waals surface area contributed by atoms with Gasteiger partial charge >= 0.3 is 0 Å². The first-order valence-corrected chi connectivity index (χ1v) is 6.88. The zero-order valence-electron chi connectivity index (χ0n) is 12.1. The lowest BCUT2D eigenvalue weighted by atomic mass is 10.2. The molecule has 6 nitrogen and oxygen atoms in total. The second-order valence-electron chi connectivity index (χ2n) is 5.01. The molecule has 0 atom stereocenters. The highest BCUT2D eigenvalue weighted by atomic mass is 16.5. The topological polar surface area (TPSA) is 71.5 Å². The summed E-state index contributed by atoms with van der Waals surface area (Å²) in [5, 5.41) is 2.77. The molecule has 6 heteroatoms. The minimum absolute atomic E-state index is 0.0868. The maximum absolute atomic E-state index is 12.1. The van der Waals surface area contributed by atoms with Crippen LogP contribution in [0.2, 0.25) is 0 Å². The number of rotatable bonds is 3. The van der Waals surface area contributed by atoms with Gasteiger partial charge in [0.2, 0.25) is 5.91 Å². The van der Waals surface area contributed by atoms with Gasteiger partial charge in [-0.3, -0.25) is 14.5 Å². The summed E-state index contributed by atoms with van der Waals surface area (Å²) >= 11 is 0. The van der Waals surface area contributed by atoms with Crippen molar-refractivity contribution in [2.24, 2.45) is 0 Å². The summed E-state index contributed by atoms with van der Waals surface area (Å²) in [7, 11) is 0. The number of carbonyl (C=O) groups is 2. The third-order valence-corrected chi connectivity index (χ3v) is 3.30. The van der Waals surface area contributed by atoms with E-state index in [-0.39, 0.29) is 25.0 Å². The zero-order chi connectivity index (χ0) is 15.5. The van der Waals surface area contributed by atoms with Crippen LogP contribution >= 0.6 is 0 Å². The van der Waals surface area contributed by atoms with Crippen LogP contribution < -0.4 is 15.0 Å². The fourth-order valence-corrected chi connectivity index (χ4v) is 2.18. The van der Waals surface area contributed by atoms with Crippen LogP contribution in [0, 0.1) is 6.92 Å². The summed E-state index contributed by atoms with van der Waals surface area (Å²) < 4.78 is 5.29. The van der Waals surface area contributed by atoms with Crippen molar-refractivity contribution in [2.75, 3.05) is 23.4 Å². The van der Waals surface area contributed by atoms with Crippen LogP contribution in [0.5, 0.6) is 5.75 Å². The molecule has 1 aliphatic rings. The van der Waals surface area contributed by atoms with E-state index in [2.05, 4.69) is 10.3 Å². The zero-order valence-corrected chi connectivity index (χ0v) is 12.1. The molecule has 0 aliphatic carbocycles. The predicted octanol–water partition coefficient (Wildman–Crippen LogP) is 1.75. The van der Waals surface area contributed by atoms with Crippen LogP contribution in [0.3, 0.4) is 0 Å². The van der Waals surface area contributed by atoms with Gasteiger partial charge in [-0.05, 0) is 31.2 Å². The van der Waals surface area contributed by atoms with E-state index in [1.807, 2.05) is 31.2 Å². The third kappa shape index (κ3) is 2.90. The van der Waals surface area contributed by atoms with E-state index in [1.54, 1.807) is 18.3 Å². The second-order valence-corrected chi connectivity index (χ2v) is 5.01. The molecule has 0 radical (unpaired) electrons. The number of amides is 2. The number of nitrogens with zero attached hydrogens (tertiary/aromatic N) is 2. The van der Waals surface area contributed by atoms with E-state index in [0.29, 0.717) is 17.3 Å². The number of nitrogens with one attached hydrogen (secondary N) is 1. The minimum Gasteiger partial charge on any atom is -0.480 e. The number of pyridine rings is 1. The first kappa shape index (κ1) is 14.1. The van der Waals surface area contributed by atoms with Gasteiger partial charge in [0.1, 0.15) is 6.54 Å². The van der Waals surface area contributed by atoms with Crippen LogP contribution in [-0.4, -0.2) is 29.9 Å². The van der Waals surface area contributed by atoms with E-state index in [9.17, 15) is 9.59 Å². The average molecular weight is 297 g/mol. The predicted molar refractivity (Wildman–Crippen MR) is 81.9 cm³/mol. The van der Waals surface area contributed by atoms with Gasteiger partial charge < -0.3 is 10.1 Å². The van der Waals surface area contributed by atoms with Crippen molar-refractivity contribution in [1.82, 2.24) is 4.98 Å². The van der Waals surface area contributed by atoms with Gasteiger partial charge in [-0.2, -0.15) is 0 Å². The molecule has 0 fully saturated rings. The van der Waals surface area contributed by atoms with Crippen LogP contribution in [-0.2, 0) is 9.59 Å². The van der Waals surface area contributed by atoms with Gasteiger partial charge in [-0.15, -0.1) is 0 Å². The molecule has 1 aliphatic heterocycles. The molecule has 2 amide bonds. The van der Waals surface area contributed by atoms with Crippen molar-refractivity contribution in [3.8, 4) is 5.75 Å². The van der Waals surface area contributed by atoms with Gasteiger partial charge in [-0.1, -0.05) is 17.7 Å². The molecule has 0 spiro atoms. The first-order chi connectivity index (χ1) is 10.6. The van der Waals surface area contributed by atoms with Gasteiger partial charge in [-0.25, -0.2) is 4.98 Å². The van der Waals surface area contributed by atoms with Crippen molar-refractivity contribution in [2.45, 2.75) is 6.92 Å². The summed E-state index contributed by atoms with van der Waals surface area (Å²) in [5.74, 6) is 0.309. The number of benzene rings is 1. The largest absolute Gasteiger partial charge is 0.480 e. The fourth-order valence-electron chi connectivity index (χ4n) is 2.18. The molecule has 0 bridgehead atoms. The van der Waals surface area contributed by atoms with Crippen molar-refractivity contribution in [3.63, 3.8) is 0 Å².